The van der Waals surface area contributed by atoms with E-state index in [0.717, 1.165) is 6.08 Å². The lowest BCUT2D eigenvalue weighted by Crippen LogP contribution is -2.59. The van der Waals surface area contributed by atoms with Gasteiger partial charge in [0, 0.05) is 10.7 Å². The third-order valence-electron chi connectivity index (χ3n) is 3.93. The van der Waals surface area contributed by atoms with Gasteiger partial charge in [-0.3, -0.25) is 0 Å². The SMILES string of the molecule is [2H]C([2H])([2H])/C(=C\CNc1ncnc2nc[nH]c12)C([2H])([2H])OC1O[C@@H](CO)[C@H](O)[C@@H](O)[C@H]1O. The fourth-order valence-corrected chi connectivity index (χ4v) is 2.48. The van der Waals surface area contributed by atoms with Crippen molar-refractivity contribution in [2.75, 3.05) is 25.0 Å². The number of aromatic nitrogens is 4. The number of aliphatic hydroxyl groups excluding tert-OH is 4. The summed E-state index contributed by atoms with van der Waals surface area (Å²) in [6, 6.07) is 0. The maximum absolute atomic E-state index is 10.1. The van der Waals surface area contributed by atoms with Gasteiger partial charge in [0.25, 0.3) is 0 Å². The number of rotatable bonds is 7. The third kappa shape index (κ3) is 4.40. The Kier molecular flexibility index (Phi) is 4.49. The van der Waals surface area contributed by atoms with Crippen LogP contribution in [0.4, 0.5) is 5.82 Å². The molecule has 1 saturated heterocycles. The van der Waals surface area contributed by atoms with E-state index in [2.05, 4.69) is 25.3 Å². The molecule has 0 bridgehead atoms. The van der Waals surface area contributed by atoms with Crippen LogP contribution in [0.2, 0.25) is 0 Å². The highest BCUT2D eigenvalue weighted by Crippen LogP contribution is 2.22. The average Bonchev–Trinajstić information content (AvgIpc) is 3.20. The normalized spacial score (nSPS) is 33.0. The minimum absolute atomic E-state index is 0.170. The molecule has 0 spiro atoms. The topological polar surface area (TPSA) is 166 Å². The first-order valence-corrected chi connectivity index (χ1v) is 8.03. The van der Waals surface area contributed by atoms with Crippen molar-refractivity contribution in [3.63, 3.8) is 0 Å². The van der Waals surface area contributed by atoms with Crippen LogP contribution < -0.4 is 5.32 Å². The maximum Gasteiger partial charge on any atom is 0.187 e. The van der Waals surface area contributed by atoms with Crippen LogP contribution in [0.5, 0.6) is 0 Å². The molecule has 27 heavy (non-hydrogen) atoms. The highest BCUT2D eigenvalue weighted by atomic mass is 16.7. The number of ether oxygens (including phenoxy) is 2. The Morgan fingerprint density at radius 2 is 2.22 bits per heavy atom. The molecule has 2 aromatic heterocycles. The Labute approximate surface area is 161 Å². The summed E-state index contributed by atoms with van der Waals surface area (Å²) >= 11 is 0. The lowest BCUT2D eigenvalue weighted by Gasteiger charge is -2.39. The predicted molar refractivity (Wildman–Crippen MR) is 93.6 cm³/mol. The number of hydrogen-bond acceptors (Lipinski definition) is 10. The number of fused-ring (bicyclic) bond motifs is 1. The first kappa shape index (κ1) is 13.9. The van der Waals surface area contributed by atoms with Gasteiger partial charge in [0.15, 0.2) is 17.8 Å². The van der Waals surface area contributed by atoms with E-state index in [-0.39, 0.29) is 6.54 Å². The van der Waals surface area contributed by atoms with Gasteiger partial charge in [-0.1, -0.05) is 6.08 Å². The molecule has 1 aliphatic rings. The molecule has 3 heterocycles. The second-order valence-corrected chi connectivity index (χ2v) is 5.74. The number of nitrogens with one attached hydrogen (secondary N) is 2. The number of aliphatic hydroxyl groups is 4. The van der Waals surface area contributed by atoms with Crippen molar-refractivity contribution < 1.29 is 36.8 Å². The summed E-state index contributed by atoms with van der Waals surface area (Å²) < 4.78 is 49.5. The summed E-state index contributed by atoms with van der Waals surface area (Å²) in [4.78, 5) is 14.8. The highest BCUT2D eigenvalue weighted by Gasteiger charge is 2.43. The van der Waals surface area contributed by atoms with E-state index in [1.165, 1.54) is 12.7 Å². The van der Waals surface area contributed by atoms with Gasteiger partial charge in [-0.15, -0.1) is 0 Å². The van der Waals surface area contributed by atoms with Gasteiger partial charge >= 0.3 is 0 Å². The molecule has 1 fully saturated rings. The Bertz CT molecular complexity index is 955. The van der Waals surface area contributed by atoms with Gasteiger partial charge in [0.1, 0.15) is 36.3 Å². The lowest BCUT2D eigenvalue weighted by molar-refractivity contribution is -0.299. The molecule has 11 nitrogen and oxygen atoms in total. The van der Waals surface area contributed by atoms with E-state index in [4.69, 9.17) is 16.3 Å². The van der Waals surface area contributed by atoms with Gasteiger partial charge in [-0.05, 0) is 12.4 Å². The number of anilines is 1. The zero-order valence-electron chi connectivity index (χ0n) is 19.0. The van der Waals surface area contributed by atoms with Gasteiger partial charge in [-0.25, -0.2) is 15.0 Å². The molecule has 1 aliphatic heterocycles. The second kappa shape index (κ2) is 8.69. The first-order valence-electron chi connectivity index (χ1n) is 10.5. The van der Waals surface area contributed by atoms with Gasteiger partial charge < -0.3 is 40.2 Å². The molecule has 5 atom stereocenters. The quantitative estimate of drug-likeness (QED) is 0.309. The summed E-state index contributed by atoms with van der Waals surface area (Å²) in [5.74, 6) is 0.309. The van der Waals surface area contributed by atoms with E-state index in [9.17, 15) is 20.4 Å². The van der Waals surface area contributed by atoms with Crippen molar-refractivity contribution in [3.05, 3.63) is 24.3 Å². The third-order valence-corrected chi connectivity index (χ3v) is 3.93. The number of imidazole rings is 1. The van der Waals surface area contributed by atoms with Crippen LogP contribution in [-0.2, 0) is 9.47 Å². The Morgan fingerprint density at radius 3 is 3.00 bits per heavy atom. The molecular weight excluding hydrogens is 358 g/mol. The molecule has 0 aromatic carbocycles. The van der Waals surface area contributed by atoms with Gasteiger partial charge in [0.05, 0.1) is 22.2 Å². The summed E-state index contributed by atoms with van der Waals surface area (Å²) in [5.41, 5.74) is 0.0880. The monoisotopic (exact) mass is 386 g/mol. The van der Waals surface area contributed by atoms with Crippen LogP contribution >= 0.6 is 0 Å². The summed E-state index contributed by atoms with van der Waals surface area (Å²) in [7, 11) is 0. The molecular formula is C16H23N5O6. The number of aromatic amines is 1. The van der Waals surface area contributed by atoms with E-state index < -0.39 is 56.3 Å². The lowest BCUT2D eigenvalue weighted by atomic mass is 9.99. The van der Waals surface area contributed by atoms with E-state index in [0.29, 0.717) is 17.0 Å². The van der Waals surface area contributed by atoms with Crippen LogP contribution in [0.3, 0.4) is 0 Å². The number of H-pyrrole nitrogens is 1. The Morgan fingerprint density at radius 1 is 1.37 bits per heavy atom. The highest BCUT2D eigenvalue weighted by molar-refractivity contribution is 5.81. The van der Waals surface area contributed by atoms with Crippen molar-refractivity contribution >= 4 is 17.0 Å². The summed E-state index contributed by atoms with van der Waals surface area (Å²) in [5, 5.41) is 41.8. The smallest absolute Gasteiger partial charge is 0.187 e. The molecule has 2 aromatic rings. The van der Waals surface area contributed by atoms with Crippen LogP contribution in [0.25, 0.3) is 11.2 Å². The summed E-state index contributed by atoms with van der Waals surface area (Å²) in [6.45, 7) is -6.83. The Balaban J connectivity index is 1.79. The average molecular weight is 386 g/mol. The van der Waals surface area contributed by atoms with Crippen molar-refractivity contribution in [1.29, 1.82) is 0 Å². The first-order chi connectivity index (χ1) is 15.0. The number of hydrogen-bond donors (Lipinski definition) is 6. The van der Waals surface area contributed by atoms with E-state index in [1.54, 1.807) is 0 Å². The maximum atomic E-state index is 10.1. The molecule has 3 rings (SSSR count). The molecule has 0 saturated carbocycles. The largest absolute Gasteiger partial charge is 0.394 e. The van der Waals surface area contributed by atoms with Gasteiger partial charge in [0.2, 0.25) is 0 Å². The van der Waals surface area contributed by atoms with Crippen LogP contribution in [-0.4, -0.2) is 90.8 Å². The van der Waals surface area contributed by atoms with E-state index >= 15 is 0 Å². The minimum atomic E-state index is -2.98. The zero-order chi connectivity index (χ0) is 23.7. The second-order valence-electron chi connectivity index (χ2n) is 5.74. The zero-order valence-corrected chi connectivity index (χ0v) is 14.0. The molecule has 0 aliphatic carbocycles. The van der Waals surface area contributed by atoms with E-state index in [1.807, 2.05) is 0 Å². The summed E-state index contributed by atoms with van der Waals surface area (Å²) in [6.07, 6.45) is -4.87. The van der Waals surface area contributed by atoms with Crippen molar-refractivity contribution in [3.8, 4) is 0 Å². The molecule has 1 unspecified atom stereocenters. The van der Waals surface area contributed by atoms with Gasteiger partial charge in [-0.2, -0.15) is 0 Å². The van der Waals surface area contributed by atoms with Crippen molar-refractivity contribution in [2.24, 2.45) is 0 Å². The fraction of sp³-hybridized carbons (Fsp3) is 0.562. The molecule has 11 heteroatoms. The van der Waals surface area contributed by atoms with Crippen LogP contribution in [0, 0.1) is 0 Å². The Hall–Kier alpha value is -2.15. The van der Waals surface area contributed by atoms with Crippen molar-refractivity contribution in [2.45, 2.75) is 37.6 Å². The van der Waals surface area contributed by atoms with Crippen LogP contribution in [0.15, 0.2) is 24.3 Å². The molecule has 148 valence electrons. The minimum Gasteiger partial charge on any atom is -0.394 e. The molecule has 0 radical (unpaired) electrons. The predicted octanol–water partition coefficient (Wildman–Crippen LogP) is -1.47. The fourth-order valence-electron chi connectivity index (χ4n) is 2.48. The van der Waals surface area contributed by atoms with Crippen molar-refractivity contribution in [1.82, 2.24) is 19.9 Å². The number of nitrogens with zero attached hydrogens (tertiary/aromatic N) is 3. The molecule has 6 N–H and O–H groups in total. The standard InChI is InChI=1S/C16H23N5O6/c1-8(2-3-17-14-10-15(19-6-18-10)21-7-20-14)5-26-16-13(25)12(24)11(23)9(4-22)27-16/h2,6-7,9,11-13,16,22-25H,3-5H2,1H3,(H2,17,18,19,20,21)/b8-2+/t9-,11-,12+,13+,16?/m0/s1/i1D3,5D2. The molecule has 0 amide bonds. The van der Waals surface area contributed by atoms with Crippen LogP contribution in [0.1, 0.15) is 13.7 Å².